The minimum atomic E-state index is -4.43. The van der Waals surface area contributed by atoms with Crippen LogP contribution in [-0.2, 0) is 10.9 Å². The first-order valence-corrected chi connectivity index (χ1v) is 12.5. The average Bonchev–Trinajstić information content (AvgIpc) is 3.68. The van der Waals surface area contributed by atoms with E-state index in [1.54, 1.807) is 11.0 Å². The van der Waals surface area contributed by atoms with Gasteiger partial charge in [-0.15, -0.1) is 0 Å². The van der Waals surface area contributed by atoms with Crippen LogP contribution in [0.4, 0.5) is 13.2 Å². The van der Waals surface area contributed by atoms with Crippen LogP contribution < -0.4 is 0 Å². The number of alkyl halides is 3. The smallest absolute Gasteiger partial charge is 0.370 e. The Hall–Kier alpha value is -3.66. The van der Waals surface area contributed by atoms with Crippen LogP contribution >= 0.6 is 0 Å². The molecule has 0 bridgehead atoms. The minimum Gasteiger partial charge on any atom is -0.370 e. The number of hydrogen-bond donors (Lipinski definition) is 1. The van der Waals surface area contributed by atoms with Crippen molar-refractivity contribution in [2.24, 2.45) is 0 Å². The normalized spacial score (nSPS) is 19.1. The van der Waals surface area contributed by atoms with Gasteiger partial charge >= 0.3 is 6.18 Å². The fraction of sp³-hybridized carbons (Fsp3) is 0.370. The molecule has 2 aromatic carbocycles. The Balaban J connectivity index is 1.23. The summed E-state index contributed by atoms with van der Waals surface area (Å²) in [6, 6.07) is 15.2. The number of rotatable bonds is 4. The highest BCUT2D eigenvalue weighted by molar-refractivity contribution is 5.93. The van der Waals surface area contributed by atoms with E-state index in [2.05, 4.69) is 19.7 Å². The third-order valence-corrected chi connectivity index (χ3v) is 7.26. The van der Waals surface area contributed by atoms with Gasteiger partial charge < -0.3 is 14.2 Å². The molecule has 4 aromatic rings. The SMILES string of the molecule is O=C(c1cc(-c2ccccc2)n[nH]1)N1CCC(n2c([C@H]3CCCO3)nc3cc(C(F)(F)F)ccc32)CC1. The molecule has 7 nitrogen and oxygen atoms in total. The van der Waals surface area contributed by atoms with E-state index in [0.717, 1.165) is 30.5 Å². The molecule has 192 valence electrons. The average molecular weight is 510 g/mol. The van der Waals surface area contributed by atoms with Crippen LogP contribution in [0.1, 0.15) is 59.7 Å². The maximum absolute atomic E-state index is 13.3. The first-order valence-electron chi connectivity index (χ1n) is 12.5. The summed E-state index contributed by atoms with van der Waals surface area (Å²) in [7, 11) is 0. The molecule has 2 aromatic heterocycles. The van der Waals surface area contributed by atoms with Crippen LogP contribution in [0.25, 0.3) is 22.3 Å². The molecule has 1 N–H and O–H groups in total. The number of benzene rings is 2. The number of aromatic amines is 1. The molecular weight excluding hydrogens is 483 g/mol. The molecule has 0 spiro atoms. The van der Waals surface area contributed by atoms with Gasteiger partial charge in [-0.25, -0.2) is 4.98 Å². The first kappa shape index (κ1) is 23.7. The fourth-order valence-corrected chi connectivity index (χ4v) is 5.37. The minimum absolute atomic E-state index is 0.00614. The molecule has 0 unspecified atom stereocenters. The van der Waals surface area contributed by atoms with Crippen molar-refractivity contribution in [3.8, 4) is 11.3 Å². The number of piperidine rings is 1. The number of imidazole rings is 1. The molecule has 0 saturated carbocycles. The number of ether oxygens (including phenoxy) is 1. The maximum Gasteiger partial charge on any atom is 0.416 e. The molecular formula is C27H26F3N5O2. The zero-order valence-corrected chi connectivity index (χ0v) is 20.0. The number of carbonyl (C=O) groups is 1. The van der Waals surface area contributed by atoms with Crippen LogP contribution in [0.3, 0.4) is 0 Å². The molecule has 2 fully saturated rings. The molecule has 0 radical (unpaired) electrons. The maximum atomic E-state index is 13.3. The summed E-state index contributed by atoms with van der Waals surface area (Å²) in [6.07, 6.45) is -1.65. The quantitative estimate of drug-likeness (QED) is 0.379. The van der Waals surface area contributed by atoms with Crippen molar-refractivity contribution in [2.45, 2.75) is 44.0 Å². The number of nitrogens with zero attached hydrogens (tertiary/aromatic N) is 4. The summed E-state index contributed by atoms with van der Waals surface area (Å²) >= 11 is 0. The second-order valence-electron chi connectivity index (χ2n) is 9.60. The summed E-state index contributed by atoms with van der Waals surface area (Å²) in [4.78, 5) is 19.6. The highest BCUT2D eigenvalue weighted by Gasteiger charge is 2.34. The summed E-state index contributed by atoms with van der Waals surface area (Å²) in [5.74, 6) is 0.565. The van der Waals surface area contributed by atoms with Crippen LogP contribution in [0.15, 0.2) is 54.6 Å². The number of halogens is 3. The number of amides is 1. The van der Waals surface area contributed by atoms with Crippen molar-refractivity contribution in [3.05, 3.63) is 71.7 Å². The number of H-pyrrole nitrogens is 1. The van der Waals surface area contributed by atoms with Crippen molar-refractivity contribution in [3.63, 3.8) is 0 Å². The third kappa shape index (κ3) is 4.50. The van der Waals surface area contributed by atoms with E-state index in [9.17, 15) is 18.0 Å². The number of carbonyl (C=O) groups excluding carboxylic acids is 1. The van der Waals surface area contributed by atoms with Crippen molar-refractivity contribution < 1.29 is 22.7 Å². The molecule has 1 atom stereocenters. The largest absolute Gasteiger partial charge is 0.416 e. The Labute approximate surface area is 211 Å². The first-order chi connectivity index (χ1) is 17.9. The lowest BCUT2D eigenvalue weighted by atomic mass is 10.0. The molecule has 0 aliphatic carbocycles. The predicted molar refractivity (Wildman–Crippen MR) is 131 cm³/mol. The third-order valence-electron chi connectivity index (χ3n) is 7.26. The van der Waals surface area contributed by atoms with E-state index in [-0.39, 0.29) is 18.1 Å². The standard InChI is InChI=1S/C27H26F3N5O2/c28-27(29,30)18-8-9-23-21(15-18)31-25(24-7-4-14-37-24)35(23)19-10-12-34(13-11-19)26(36)22-16-20(32-33-22)17-5-2-1-3-6-17/h1-3,5-6,8-9,15-16,19,24H,4,7,10-14H2,(H,32,33)/t24-/m1/s1. The Morgan fingerprint density at radius 3 is 2.51 bits per heavy atom. The molecule has 6 rings (SSSR count). The lowest BCUT2D eigenvalue weighted by Crippen LogP contribution is -2.39. The lowest BCUT2D eigenvalue weighted by molar-refractivity contribution is -0.137. The zero-order valence-electron chi connectivity index (χ0n) is 20.0. The second kappa shape index (κ2) is 9.33. The van der Waals surface area contributed by atoms with E-state index >= 15 is 0 Å². The van der Waals surface area contributed by atoms with Crippen molar-refractivity contribution in [1.29, 1.82) is 0 Å². The van der Waals surface area contributed by atoms with E-state index in [1.807, 2.05) is 30.3 Å². The van der Waals surface area contributed by atoms with E-state index in [4.69, 9.17) is 4.74 Å². The molecule has 2 saturated heterocycles. The van der Waals surface area contributed by atoms with Crippen LogP contribution in [0.2, 0.25) is 0 Å². The summed E-state index contributed by atoms with van der Waals surface area (Å²) in [6.45, 7) is 1.66. The van der Waals surface area contributed by atoms with Gasteiger partial charge in [0.05, 0.1) is 22.3 Å². The van der Waals surface area contributed by atoms with Gasteiger partial charge in [-0.2, -0.15) is 18.3 Å². The number of nitrogens with one attached hydrogen (secondary N) is 1. The molecule has 4 heterocycles. The zero-order chi connectivity index (χ0) is 25.6. The van der Waals surface area contributed by atoms with Gasteiger partial charge in [-0.3, -0.25) is 9.89 Å². The van der Waals surface area contributed by atoms with E-state index in [1.165, 1.54) is 6.07 Å². The Bertz CT molecular complexity index is 1420. The molecule has 2 aliphatic rings. The van der Waals surface area contributed by atoms with Crippen molar-refractivity contribution in [1.82, 2.24) is 24.6 Å². The van der Waals surface area contributed by atoms with Crippen LogP contribution in [-0.4, -0.2) is 50.3 Å². The predicted octanol–water partition coefficient (Wildman–Crippen LogP) is 5.77. The molecule has 1 amide bonds. The summed E-state index contributed by atoms with van der Waals surface area (Å²) in [5.41, 5.74) is 2.36. The fourth-order valence-electron chi connectivity index (χ4n) is 5.37. The van der Waals surface area contributed by atoms with E-state index in [0.29, 0.717) is 60.8 Å². The van der Waals surface area contributed by atoms with Gasteiger partial charge in [0.25, 0.3) is 5.91 Å². The van der Waals surface area contributed by atoms with Crippen LogP contribution in [0.5, 0.6) is 0 Å². The van der Waals surface area contributed by atoms with E-state index < -0.39 is 11.7 Å². The van der Waals surface area contributed by atoms with Crippen molar-refractivity contribution in [2.75, 3.05) is 19.7 Å². The number of likely N-dealkylation sites (tertiary alicyclic amines) is 1. The number of hydrogen-bond acceptors (Lipinski definition) is 4. The highest BCUT2D eigenvalue weighted by atomic mass is 19.4. The lowest BCUT2D eigenvalue weighted by Gasteiger charge is -2.33. The molecule has 2 aliphatic heterocycles. The Kier molecular flexibility index (Phi) is 5.98. The van der Waals surface area contributed by atoms with Gasteiger partial charge in [-0.1, -0.05) is 30.3 Å². The van der Waals surface area contributed by atoms with Gasteiger partial charge in [-0.05, 0) is 49.9 Å². The van der Waals surface area contributed by atoms with Gasteiger partial charge in [0.2, 0.25) is 0 Å². The Morgan fingerprint density at radius 2 is 1.81 bits per heavy atom. The van der Waals surface area contributed by atoms with Gasteiger partial charge in [0.15, 0.2) is 0 Å². The highest BCUT2D eigenvalue weighted by Crippen LogP contribution is 2.38. The van der Waals surface area contributed by atoms with Gasteiger partial charge in [0, 0.05) is 31.3 Å². The molecule has 10 heteroatoms. The van der Waals surface area contributed by atoms with Crippen LogP contribution in [0, 0.1) is 0 Å². The van der Waals surface area contributed by atoms with Crippen molar-refractivity contribution >= 4 is 16.9 Å². The number of fused-ring (bicyclic) bond motifs is 1. The topological polar surface area (TPSA) is 76.0 Å². The van der Waals surface area contributed by atoms with Gasteiger partial charge in [0.1, 0.15) is 17.6 Å². The number of aromatic nitrogens is 4. The summed E-state index contributed by atoms with van der Waals surface area (Å²) in [5, 5.41) is 7.16. The molecule has 37 heavy (non-hydrogen) atoms. The second-order valence-corrected chi connectivity index (χ2v) is 9.60. The monoisotopic (exact) mass is 509 g/mol. The summed E-state index contributed by atoms with van der Waals surface area (Å²) < 4.78 is 47.9. The Morgan fingerprint density at radius 1 is 1.03 bits per heavy atom.